The number of hydrogen-bond acceptors (Lipinski definition) is 5. The molecule has 2 aromatic rings. The molecule has 0 radical (unpaired) electrons. The number of halogens is 1. The zero-order valence-electron chi connectivity index (χ0n) is 11.3. The molecule has 20 heavy (non-hydrogen) atoms. The zero-order valence-corrected chi connectivity index (χ0v) is 12.1. The summed E-state index contributed by atoms with van der Waals surface area (Å²) in [5.41, 5.74) is 0.902. The number of anilines is 1. The fourth-order valence-electron chi connectivity index (χ4n) is 1.88. The van der Waals surface area contributed by atoms with Gasteiger partial charge in [0.25, 0.3) is 0 Å². The van der Waals surface area contributed by atoms with Crippen LogP contribution in [0.5, 0.6) is 5.75 Å². The maximum atomic E-state index is 9.56. The highest BCUT2D eigenvalue weighted by Gasteiger charge is 2.12. The molecule has 5 nitrogen and oxygen atoms in total. The second-order valence-corrected chi connectivity index (χ2v) is 4.67. The largest absolute Gasteiger partial charge is 0.497 e. The third kappa shape index (κ3) is 3.59. The van der Waals surface area contributed by atoms with Crippen molar-refractivity contribution in [1.82, 2.24) is 9.97 Å². The second kappa shape index (κ2) is 6.54. The van der Waals surface area contributed by atoms with Gasteiger partial charge in [0.15, 0.2) is 0 Å². The van der Waals surface area contributed by atoms with Crippen LogP contribution < -0.4 is 10.1 Å². The van der Waals surface area contributed by atoms with Crippen molar-refractivity contribution in [3.8, 4) is 5.75 Å². The number of aliphatic hydroxyl groups is 1. The molecular formula is C14H16ClN3O2. The SMILES string of the molecule is COc1cccc([C@H](CO)Nc2cc(Cl)nc(C)n2)c1. The number of benzene rings is 1. The third-order valence-electron chi connectivity index (χ3n) is 2.81. The van der Waals surface area contributed by atoms with Crippen molar-refractivity contribution in [2.45, 2.75) is 13.0 Å². The number of aryl methyl sites for hydroxylation is 1. The van der Waals surface area contributed by atoms with E-state index in [1.165, 1.54) is 0 Å². The summed E-state index contributed by atoms with van der Waals surface area (Å²) in [5, 5.41) is 13.1. The van der Waals surface area contributed by atoms with Crippen molar-refractivity contribution in [2.24, 2.45) is 0 Å². The Hall–Kier alpha value is -1.85. The Bertz CT molecular complexity index is 572. The number of nitrogens with zero attached hydrogens (tertiary/aromatic N) is 2. The van der Waals surface area contributed by atoms with Crippen LogP contribution in [-0.4, -0.2) is 28.8 Å². The van der Waals surface area contributed by atoms with Crippen molar-refractivity contribution < 1.29 is 9.84 Å². The van der Waals surface area contributed by atoms with Crippen molar-refractivity contribution in [2.75, 3.05) is 19.0 Å². The lowest BCUT2D eigenvalue weighted by atomic mass is 10.1. The highest BCUT2D eigenvalue weighted by molar-refractivity contribution is 6.29. The molecule has 0 aliphatic heterocycles. The molecule has 0 saturated heterocycles. The third-order valence-corrected chi connectivity index (χ3v) is 3.00. The van der Waals surface area contributed by atoms with E-state index < -0.39 is 0 Å². The van der Waals surface area contributed by atoms with Crippen LogP contribution in [0.25, 0.3) is 0 Å². The van der Waals surface area contributed by atoms with Crippen LogP contribution in [0.4, 0.5) is 5.82 Å². The fraction of sp³-hybridized carbons (Fsp3) is 0.286. The smallest absolute Gasteiger partial charge is 0.134 e. The monoisotopic (exact) mass is 293 g/mol. The predicted octanol–water partition coefficient (Wildman–Crippen LogP) is 2.59. The average molecular weight is 294 g/mol. The lowest BCUT2D eigenvalue weighted by molar-refractivity contribution is 0.276. The standard InChI is InChI=1S/C14H16ClN3O2/c1-9-16-13(15)7-14(17-9)18-12(8-19)10-4-3-5-11(6-10)20-2/h3-7,12,19H,8H2,1-2H3,(H,16,17,18)/t12-/m0/s1. The minimum absolute atomic E-state index is 0.0756. The quantitative estimate of drug-likeness (QED) is 0.830. The first-order chi connectivity index (χ1) is 9.62. The summed E-state index contributed by atoms with van der Waals surface area (Å²) in [7, 11) is 1.61. The van der Waals surface area contributed by atoms with Gasteiger partial charge in [-0.2, -0.15) is 0 Å². The maximum absolute atomic E-state index is 9.56. The molecule has 0 aliphatic carbocycles. The zero-order chi connectivity index (χ0) is 14.5. The minimum Gasteiger partial charge on any atom is -0.497 e. The summed E-state index contributed by atoms with van der Waals surface area (Å²) in [6.07, 6.45) is 0. The van der Waals surface area contributed by atoms with Crippen molar-refractivity contribution in [3.05, 3.63) is 46.9 Å². The number of methoxy groups -OCH3 is 1. The molecule has 1 aromatic carbocycles. The molecule has 0 aliphatic rings. The average Bonchev–Trinajstić information content (AvgIpc) is 2.44. The van der Waals surface area contributed by atoms with Gasteiger partial charge >= 0.3 is 0 Å². The first kappa shape index (κ1) is 14.6. The Morgan fingerprint density at radius 3 is 2.80 bits per heavy atom. The molecule has 0 fully saturated rings. The van der Waals surface area contributed by atoms with Crippen molar-refractivity contribution >= 4 is 17.4 Å². The van der Waals surface area contributed by atoms with Gasteiger partial charge in [0.05, 0.1) is 19.8 Å². The number of hydrogen-bond donors (Lipinski definition) is 2. The van der Waals surface area contributed by atoms with Crippen LogP contribution in [0.1, 0.15) is 17.4 Å². The van der Waals surface area contributed by atoms with Gasteiger partial charge in [0.2, 0.25) is 0 Å². The first-order valence-electron chi connectivity index (χ1n) is 6.15. The molecule has 0 unspecified atom stereocenters. The molecule has 106 valence electrons. The molecule has 1 aromatic heterocycles. The lowest BCUT2D eigenvalue weighted by Crippen LogP contribution is -2.16. The van der Waals surface area contributed by atoms with Gasteiger partial charge < -0.3 is 15.2 Å². The van der Waals surface area contributed by atoms with Gasteiger partial charge in [-0.15, -0.1) is 0 Å². The molecule has 0 amide bonds. The van der Waals surface area contributed by atoms with Gasteiger partial charge in [-0.05, 0) is 24.6 Å². The van der Waals surface area contributed by atoms with Crippen LogP contribution in [0.3, 0.4) is 0 Å². The highest BCUT2D eigenvalue weighted by atomic mass is 35.5. The Kier molecular flexibility index (Phi) is 4.76. The predicted molar refractivity (Wildman–Crippen MR) is 78.2 cm³/mol. The first-order valence-corrected chi connectivity index (χ1v) is 6.52. The van der Waals surface area contributed by atoms with Gasteiger partial charge in [-0.1, -0.05) is 23.7 Å². The normalized spacial score (nSPS) is 12.0. The number of nitrogens with one attached hydrogen (secondary N) is 1. The second-order valence-electron chi connectivity index (χ2n) is 4.28. The van der Waals surface area contributed by atoms with Crippen molar-refractivity contribution in [3.63, 3.8) is 0 Å². The molecule has 0 spiro atoms. The minimum atomic E-state index is -0.296. The van der Waals surface area contributed by atoms with E-state index in [1.807, 2.05) is 24.3 Å². The van der Waals surface area contributed by atoms with Gasteiger partial charge in [0, 0.05) is 6.07 Å². The summed E-state index contributed by atoms with van der Waals surface area (Å²) in [5.74, 6) is 1.88. The number of aromatic nitrogens is 2. The molecule has 6 heteroatoms. The van der Waals surface area contributed by atoms with E-state index in [0.29, 0.717) is 16.8 Å². The summed E-state index contributed by atoms with van der Waals surface area (Å²) in [6, 6.07) is 8.82. The van der Waals surface area contributed by atoms with E-state index in [2.05, 4.69) is 15.3 Å². The van der Waals surface area contributed by atoms with Crippen LogP contribution in [0.15, 0.2) is 30.3 Å². The fourth-order valence-corrected chi connectivity index (χ4v) is 2.10. The van der Waals surface area contributed by atoms with E-state index >= 15 is 0 Å². The molecule has 2 rings (SSSR count). The topological polar surface area (TPSA) is 67.3 Å². The van der Waals surface area contributed by atoms with E-state index in [0.717, 1.165) is 11.3 Å². The van der Waals surface area contributed by atoms with Gasteiger partial charge in [0.1, 0.15) is 22.5 Å². The molecule has 0 saturated carbocycles. The van der Waals surface area contributed by atoms with Crippen LogP contribution >= 0.6 is 11.6 Å². The maximum Gasteiger partial charge on any atom is 0.134 e. The molecule has 1 atom stereocenters. The van der Waals surface area contributed by atoms with Crippen molar-refractivity contribution in [1.29, 1.82) is 0 Å². The van der Waals surface area contributed by atoms with E-state index in [-0.39, 0.29) is 12.6 Å². The van der Waals surface area contributed by atoms with E-state index in [1.54, 1.807) is 20.1 Å². The molecule has 1 heterocycles. The number of rotatable bonds is 5. The summed E-state index contributed by atoms with van der Waals surface area (Å²) in [6.45, 7) is 1.68. The van der Waals surface area contributed by atoms with E-state index in [9.17, 15) is 5.11 Å². The highest BCUT2D eigenvalue weighted by Crippen LogP contribution is 2.23. The Labute approximate surface area is 122 Å². The molecule has 2 N–H and O–H groups in total. The summed E-state index contributed by atoms with van der Waals surface area (Å²) >= 11 is 5.90. The van der Waals surface area contributed by atoms with Crippen LogP contribution in [0, 0.1) is 6.92 Å². The lowest BCUT2D eigenvalue weighted by Gasteiger charge is -2.18. The van der Waals surface area contributed by atoms with Crippen LogP contribution in [-0.2, 0) is 0 Å². The Morgan fingerprint density at radius 1 is 1.35 bits per heavy atom. The number of ether oxygens (including phenoxy) is 1. The summed E-state index contributed by atoms with van der Waals surface area (Å²) in [4.78, 5) is 8.24. The number of aliphatic hydroxyl groups excluding tert-OH is 1. The van der Waals surface area contributed by atoms with Gasteiger partial charge in [-0.25, -0.2) is 9.97 Å². The van der Waals surface area contributed by atoms with E-state index in [4.69, 9.17) is 16.3 Å². The van der Waals surface area contributed by atoms with Crippen LogP contribution in [0.2, 0.25) is 5.15 Å². The Morgan fingerprint density at radius 2 is 2.15 bits per heavy atom. The summed E-state index contributed by atoms with van der Waals surface area (Å²) < 4.78 is 5.18. The Balaban J connectivity index is 2.23. The molecular weight excluding hydrogens is 278 g/mol. The van der Waals surface area contributed by atoms with Gasteiger partial charge in [-0.3, -0.25) is 0 Å². The molecule has 0 bridgehead atoms.